The van der Waals surface area contributed by atoms with Gasteiger partial charge < -0.3 is 0 Å². The van der Waals surface area contributed by atoms with Gasteiger partial charge in [0, 0.05) is 33.0 Å². The summed E-state index contributed by atoms with van der Waals surface area (Å²) in [4.78, 5) is 29.3. The molecule has 50 heavy (non-hydrogen) atoms. The minimum absolute atomic E-state index is 0.190. The summed E-state index contributed by atoms with van der Waals surface area (Å²) >= 11 is 0. The molecule has 0 saturated heterocycles. The van der Waals surface area contributed by atoms with Gasteiger partial charge in [-0.1, -0.05) is 127 Å². The summed E-state index contributed by atoms with van der Waals surface area (Å²) in [7, 11) is 0. The third-order valence-corrected chi connectivity index (χ3v) is 8.60. The monoisotopic (exact) mass is 647 g/mol. The Kier molecular flexibility index (Phi) is 7.17. The van der Waals surface area contributed by atoms with Gasteiger partial charge in [0.2, 0.25) is 5.95 Å². The molecule has 0 aliphatic rings. The van der Waals surface area contributed by atoms with Crippen molar-refractivity contribution in [1.29, 1.82) is 0 Å². The molecule has 0 fully saturated rings. The topological polar surface area (TPSA) is 82.3 Å². The largest absolute Gasteiger partial charge is 0.278 e. The van der Waals surface area contributed by atoms with Crippen LogP contribution in [-0.2, 0) is 0 Å². The van der Waals surface area contributed by atoms with Crippen molar-refractivity contribution in [2.45, 2.75) is 0 Å². The Morgan fingerprint density at radius 2 is 0.760 bits per heavy atom. The molecular weight excluding hydrogens is 622 g/mol. The maximum absolute atomic E-state index is 16.0. The number of para-hydroxylation sites is 2. The first-order valence-corrected chi connectivity index (χ1v) is 16.2. The standard InChI is InChI=1S/C42H26FN7/c43-34-25-24-30(40-45-37(27-14-4-1-5-15-27)44-38(46-40)28-16-6-2-7-17-28)26-33(34)41-47-39(29-18-8-3-9-19-29)48-42(49-41)50-35-22-12-10-20-31(35)32-21-11-13-23-36(32)50/h1-26H. The maximum Gasteiger partial charge on any atom is 0.238 e. The number of rotatable bonds is 6. The predicted octanol–water partition coefficient (Wildman–Crippen LogP) is 9.63. The van der Waals surface area contributed by atoms with Gasteiger partial charge in [-0.3, -0.25) is 4.57 Å². The average molecular weight is 648 g/mol. The van der Waals surface area contributed by atoms with E-state index < -0.39 is 5.82 Å². The molecule has 0 radical (unpaired) electrons. The van der Waals surface area contributed by atoms with Gasteiger partial charge >= 0.3 is 0 Å². The first-order valence-electron chi connectivity index (χ1n) is 16.2. The van der Waals surface area contributed by atoms with Crippen LogP contribution < -0.4 is 0 Å². The highest BCUT2D eigenvalue weighted by molar-refractivity contribution is 6.09. The molecule has 3 heterocycles. The zero-order valence-corrected chi connectivity index (χ0v) is 26.5. The highest BCUT2D eigenvalue weighted by Crippen LogP contribution is 2.33. The molecule has 236 valence electrons. The predicted molar refractivity (Wildman–Crippen MR) is 195 cm³/mol. The van der Waals surface area contributed by atoms with Crippen LogP contribution in [0.15, 0.2) is 158 Å². The lowest BCUT2D eigenvalue weighted by Gasteiger charge is -2.12. The fourth-order valence-corrected chi connectivity index (χ4v) is 6.21. The van der Waals surface area contributed by atoms with E-state index in [0.29, 0.717) is 34.8 Å². The molecule has 3 aromatic heterocycles. The van der Waals surface area contributed by atoms with Crippen LogP contribution in [0.2, 0.25) is 0 Å². The number of fused-ring (bicyclic) bond motifs is 3. The molecule has 0 unspecified atom stereocenters. The Hall–Kier alpha value is -6.93. The summed E-state index contributed by atoms with van der Waals surface area (Å²) in [6.07, 6.45) is 0. The molecule has 0 saturated carbocycles. The molecular formula is C42H26FN7. The van der Waals surface area contributed by atoms with E-state index in [0.717, 1.165) is 38.5 Å². The van der Waals surface area contributed by atoms with Crippen LogP contribution in [-0.4, -0.2) is 34.5 Å². The van der Waals surface area contributed by atoms with Crippen LogP contribution in [0.5, 0.6) is 0 Å². The first kappa shape index (κ1) is 29.2. The zero-order valence-electron chi connectivity index (χ0n) is 26.5. The van der Waals surface area contributed by atoms with Crippen molar-refractivity contribution in [3.8, 4) is 62.9 Å². The van der Waals surface area contributed by atoms with E-state index in [1.165, 1.54) is 6.07 Å². The van der Waals surface area contributed by atoms with Crippen molar-refractivity contribution in [1.82, 2.24) is 34.5 Å². The van der Waals surface area contributed by atoms with Crippen molar-refractivity contribution in [2.24, 2.45) is 0 Å². The highest BCUT2D eigenvalue weighted by atomic mass is 19.1. The molecule has 8 heteroatoms. The second kappa shape index (κ2) is 12.3. The van der Waals surface area contributed by atoms with Gasteiger partial charge in [-0.15, -0.1) is 0 Å². The van der Waals surface area contributed by atoms with Gasteiger partial charge in [-0.25, -0.2) is 24.3 Å². The van der Waals surface area contributed by atoms with Crippen molar-refractivity contribution in [3.05, 3.63) is 164 Å². The van der Waals surface area contributed by atoms with E-state index in [9.17, 15) is 0 Å². The van der Waals surface area contributed by atoms with Crippen molar-refractivity contribution in [3.63, 3.8) is 0 Å². The van der Waals surface area contributed by atoms with Crippen molar-refractivity contribution < 1.29 is 4.39 Å². The van der Waals surface area contributed by atoms with Gasteiger partial charge in [-0.05, 0) is 30.3 Å². The number of hydrogen-bond acceptors (Lipinski definition) is 6. The summed E-state index contributed by atoms with van der Waals surface area (Å²) in [5, 5.41) is 2.13. The molecule has 6 aromatic carbocycles. The summed E-state index contributed by atoms with van der Waals surface area (Å²) in [6, 6.07) is 50.2. The SMILES string of the molecule is Fc1ccc(-c2nc(-c3ccccc3)nc(-c3ccccc3)n2)cc1-c1nc(-c2ccccc2)nc(-n2c3ccccc3c3ccccc32)n1. The van der Waals surface area contributed by atoms with E-state index in [-0.39, 0.29) is 11.4 Å². The molecule has 9 rings (SSSR count). The second-order valence-corrected chi connectivity index (χ2v) is 11.8. The highest BCUT2D eigenvalue weighted by Gasteiger charge is 2.20. The van der Waals surface area contributed by atoms with Gasteiger partial charge in [0.15, 0.2) is 29.1 Å². The lowest BCUT2D eigenvalue weighted by atomic mass is 10.1. The quantitative estimate of drug-likeness (QED) is 0.179. The molecule has 0 amide bonds. The summed E-state index contributed by atoms with van der Waals surface area (Å²) in [5.41, 5.74) is 5.14. The molecule has 0 atom stereocenters. The Morgan fingerprint density at radius 3 is 1.28 bits per heavy atom. The number of benzene rings is 6. The normalized spacial score (nSPS) is 11.3. The zero-order chi connectivity index (χ0) is 33.4. The van der Waals surface area contributed by atoms with Crippen molar-refractivity contribution in [2.75, 3.05) is 0 Å². The third-order valence-electron chi connectivity index (χ3n) is 8.60. The Morgan fingerprint density at radius 1 is 0.360 bits per heavy atom. The number of hydrogen-bond donors (Lipinski definition) is 0. The van der Waals surface area contributed by atoms with E-state index >= 15 is 4.39 Å². The van der Waals surface area contributed by atoms with Crippen LogP contribution >= 0.6 is 0 Å². The summed E-state index contributed by atoms with van der Waals surface area (Å²) < 4.78 is 18.0. The lowest BCUT2D eigenvalue weighted by molar-refractivity contribution is 0.630. The summed E-state index contributed by atoms with van der Waals surface area (Å²) in [5.74, 6) is 1.95. The van der Waals surface area contributed by atoms with E-state index in [1.807, 2.05) is 132 Å². The van der Waals surface area contributed by atoms with Gasteiger partial charge in [0.05, 0.1) is 16.6 Å². The lowest BCUT2D eigenvalue weighted by Crippen LogP contribution is -2.07. The molecule has 0 N–H and O–H groups in total. The minimum atomic E-state index is -0.479. The number of aromatic nitrogens is 7. The Bertz CT molecular complexity index is 2550. The molecule has 9 aromatic rings. The molecule has 7 nitrogen and oxygen atoms in total. The smallest absolute Gasteiger partial charge is 0.238 e. The Labute approximate surface area is 286 Å². The minimum Gasteiger partial charge on any atom is -0.278 e. The Balaban J connectivity index is 1.26. The first-order chi connectivity index (χ1) is 24.7. The third kappa shape index (κ3) is 5.25. The maximum atomic E-state index is 16.0. The number of nitrogens with zero attached hydrogens (tertiary/aromatic N) is 7. The fraction of sp³-hybridized carbons (Fsp3) is 0. The van der Waals surface area contributed by atoms with Crippen LogP contribution in [0, 0.1) is 5.82 Å². The van der Waals surface area contributed by atoms with Crippen molar-refractivity contribution >= 4 is 21.8 Å². The van der Waals surface area contributed by atoms with Crippen LogP contribution in [0.4, 0.5) is 4.39 Å². The second-order valence-electron chi connectivity index (χ2n) is 11.8. The fourth-order valence-electron chi connectivity index (χ4n) is 6.21. The molecule has 0 aliphatic heterocycles. The summed E-state index contributed by atoms with van der Waals surface area (Å²) in [6.45, 7) is 0. The molecule has 0 aliphatic carbocycles. The number of halogens is 1. The van der Waals surface area contributed by atoms with Crippen LogP contribution in [0.25, 0.3) is 84.7 Å². The van der Waals surface area contributed by atoms with Crippen LogP contribution in [0.1, 0.15) is 0 Å². The van der Waals surface area contributed by atoms with E-state index in [1.54, 1.807) is 12.1 Å². The average Bonchev–Trinajstić information content (AvgIpc) is 3.53. The van der Waals surface area contributed by atoms with E-state index in [2.05, 4.69) is 12.1 Å². The molecule has 0 bridgehead atoms. The van der Waals surface area contributed by atoms with Gasteiger partial charge in [0.25, 0.3) is 0 Å². The van der Waals surface area contributed by atoms with Gasteiger partial charge in [-0.2, -0.15) is 9.97 Å². The van der Waals surface area contributed by atoms with E-state index in [4.69, 9.17) is 29.9 Å². The van der Waals surface area contributed by atoms with Gasteiger partial charge in [0.1, 0.15) is 5.82 Å². The van der Waals surface area contributed by atoms with Crippen LogP contribution in [0.3, 0.4) is 0 Å². The molecule has 0 spiro atoms.